The Morgan fingerprint density at radius 1 is 1.13 bits per heavy atom. The van der Waals surface area contributed by atoms with Gasteiger partial charge in [-0.3, -0.25) is 14.5 Å². The van der Waals surface area contributed by atoms with E-state index >= 15 is 0 Å². The van der Waals surface area contributed by atoms with E-state index < -0.39 is 0 Å². The van der Waals surface area contributed by atoms with Crippen molar-refractivity contribution in [3.05, 3.63) is 59.2 Å². The molecular formula is C23H26ClN5O2. The summed E-state index contributed by atoms with van der Waals surface area (Å²) in [4.78, 5) is 34.2. The van der Waals surface area contributed by atoms with Crippen LogP contribution in [0.5, 0.6) is 0 Å². The Balaban J connectivity index is 1.23. The fourth-order valence-corrected chi connectivity index (χ4v) is 5.20. The van der Waals surface area contributed by atoms with Gasteiger partial charge in [-0.1, -0.05) is 29.8 Å². The number of imidazole rings is 1. The Morgan fingerprint density at radius 2 is 2.00 bits per heavy atom. The summed E-state index contributed by atoms with van der Waals surface area (Å²) in [5, 5.41) is 3.32. The van der Waals surface area contributed by atoms with Crippen molar-refractivity contribution in [3.8, 4) is 0 Å². The number of hydrogen-bond donors (Lipinski definition) is 1. The lowest BCUT2D eigenvalue weighted by molar-refractivity contribution is -0.127. The van der Waals surface area contributed by atoms with Gasteiger partial charge >= 0.3 is 0 Å². The lowest BCUT2D eigenvalue weighted by Crippen LogP contribution is -2.38. The van der Waals surface area contributed by atoms with E-state index in [1.54, 1.807) is 29.3 Å². The monoisotopic (exact) mass is 439 g/mol. The van der Waals surface area contributed by atoms with E-state index in [0.29, 0.717) is 48.1 Å². The molecule has 1 aromatic carbocycles. The van der Waals surface area contributed by atoms with Gasteiger partial charge in [-0.05, 0) is 44.4 Å². The summed E-state index contributed by atoms with van der Waals surface area (Å²) in [5.41, 5.74) is 1.04. The number of anilines is 1. The zero-order valence-electron chi connectivity index (χ0n) is 17.3. The molecule has 1 aromatic heterocycles. The highest BCUT2D eigenvalue weighted by Gasteiger charge is 2.35. The molecule has 2 atom stereocenters. The molecule has 8 heteroatoms. The van der Waals surface area contributed by atoms with E-state index in [2.05, 4.69) is 21.3 Å². The average Bonchev–Trinajstić information content (AvgIpc) is 3.49. The first-order chi connectivity index (χ1) is 15.1. The quantitative estimate of drug-likeness (QED) is 0.742. The van der Waals surface area contributed by atoms with Gasteiger partial charge in [0.05, 0.1) is 23.5 Å². The average molecular weight is 440 g/mol. The first-order valence-electron chi connectivity index (χ1n) is 10.9. The van der Waals surface area contributed by atoms with Gasteiger partial charge in [-0.15, -0.1) is 0 Å². The van der Waals surface area contributed by atoms with E-state index in [1.165, 1.54) is 19.3 Å². The van der Waals surface area contributed by atoms with Gasteiger partial charge in [0.1, 0.15) is 11.5 Å². The van der Waals surface area contributed by atoms with E-state index in [9.17, 15) is 9.59 Å². The van der Waals surface area contributed by atoms with Gasteiger partial charge in [0.2, 0.25) is 5.91 Å². The van der Waals surface area contributed by atoms with Crippen LogP contribution < -0.4 is 5.32 Å². The molecule has 0 saturated carbocycles. The topological polar surface area (TPSA) is 70.5 Å². The van der Waals surface area contributed by atoms with E-state index in [1.807, 2.05) is 16.7 Å². The summed E-state index contributed by atoms with van der Waals surface area (Å²) in [6.45, 7) is 2.64. The molecule has 2 saturated heterocycles. The molecule has 1 N–H and O–H groups in total. The van der Waals surface area contributed by atoms with Crippen molar-refractivity contribution in [1.29, 1.82) is 0 Å². The van der Waals surface area contributed by atoms with Crippen molar-refractivity contribution in [2.45, 2.75) is 50.9 Å². The summed E-state index contributed by atoms with van der Waals surface area (Å²) in [7, 11) is 0. The molecule has 0 spiro atoms. The maximum absolute atomic E-state index is 12.8. The molecule has 2 fully saturated rings. The molecule has 3 aliphatic rings. The summed E-state index contributed by atoms with van der Waals surface area (Å²) < 4.78 is 1.88. The van der Waals surface area contributed by atoms with Crippen molar-refractivity contribution >= 4 is 29.1 Å². The van der Waals surface area contributed by atoms with Crippen LogP contribution in [0, 0.1) is 0 Å². The first kappa shape index (κ1) is 20.3. The highest BCUT2D eigenvalue weighted by molar-refractivity contribution is 6.33. The minimum absolute atomic E-state index is 0.0129. The standard InChI is InChI=1S/C23H26ClN5O2/c24-18-5-1-2-6-19(18)26-23(31)20-14-25-21-15-27(12-13-29(20)21)22(30)10-9-17-8-7-16-4-3-11-28(16)17/h1-2,5-6,9-10,14,16-17H,3-4,7-8,11-13,15H2,(H,26,31)/b10-9+/t16?,17-/m0/s1. The van der Waals surface area contributed by atoms with Gasteiger partial charge in [0.25, 0.3) is 5.91 Å². The number of aromatic nitrogens is 2. The predicted octanol–water partition coefficient (Wildman–Crippen LogP) is 3.31. The Hall–Kier alpha value is -2.64. The van der Waals surface area contributed by atoms with Crippen LogP contribution in [-0.4, -0.2) is 56.3 Å². The van der Waals surface area contributed by atoms with Crippen LogP contribution in [0.25, 0.3) is 0 Å². The number of carbonyl (C=O) groups is 2. The molecular weight excluding hydrogens is 414 g/mol. The third kappa shape index (κ3) is 4.00. The number of amides is 2. The molecule has 3 aliphatic heterocycles. The highest BCUT2D eigenvalue weighted by Crippen LogP contribution is 2.33. The molecule has 0 radical (unpaired) electrons. The summed E-state index contributed by atoms with van der Waals surface area (Å²) in [6, 6.07) is 8.23. The summed E-state index contributed by atoms with van der Waals surface area (Å²) >= 11 is 6.14. The van der Waals surface area contributed by atoms with Gasteiger partial charge in [0.15, 0.2) is 0 Å². The zero-order valence-corrected chi connectivity index (χ0v) is 18.1. The number of para-hydroxylation sites is 1. The highest BCUT2D eigenvalue weighted by atomic mass is 35.5. The molecule has 2 aromatic rings. The number of fused-ring (bicyclic) bond motifs is 2. The largest absolute Gasteiger partial charge is 0.330 e. The lowest BCUT2D eigenvalue weighted by atomic mass is 10.1. The normalized spacial score (nSPS) is 23.2. The number of carbonyl (C=O) groups excluding carboxylic acids is 2. The molecule has 5 rings (SSSR count). The van der Waals surface area contributed by atoms with Crippen molar-refractivity contribution in [2.24, 2.45) is 0 Å². The molecule has 1 unspecified atom stereocenters. The molecule has 7 nitrogen and oxygen atoms in total. The second-order valence-corrected chi connectivity index (χ2v) is 8.85. The Labute approximate surface area is 186 Å². The van der Waals surface area contributed by atoms with Crippen LogP contribution in [0.3, 0.4) is 0 Å². The van der Waals surface area contributed by atoms with E-state index in [0.717, 1.165) is 18.8 Å². The number of nitrogens with one attached hydrogen (secondary N) is 1. The van der Waals surface area contributed by atoms with Crippen molar-refractivity contribution in [1.82, 2.24) is 19.4 Å². The van der Waals surface area contributed by atoms with Crippen LogP contribution >= 0.6 is 11.6 Å². The minimum atomic E-state index is -0.257. The van der Waals surface area contributed by atoms with E-state index in [4.69, 9.17) is 11.6 Å². The van der Waals surface area contributed by atoms with Crippen LogP contribution in [0.1, 0.15) is 42.0 Å². The predicted molar refractivity (Wildman–Crippen MR) is 119 cm³/mol. The maximum Gasteiger partial charge on any atom is 0.273 e. The molecule has 0 aliphatic carbocycles. The Kier molecular flexibility index (Phi) is 5.54. The van der Waals surface area contributed by atoms with Crippen molar-refractivity contribution in [2.75, 3.05) is 18.4 Å². The molecule has 0 bridgehead atoms. The minimum Gasteiger partial charge on any atom is -0.330 e. The van der Waals surface area contributed by atoms with Gasteiger partial charge in [0, 0.05) is 31.2 Å². The smallest absolute Gasteiger partial charge is 0.273 e. The third-order valence-corrected chi connectivity index (χ3v) is 6.97. The second kappa shape index (κ2) is 8.48. The summed E-state index contributed by atoms with van der Waals surface area (Å²) in [5.74, 6) is 0.477. The number of halogens is 1. The number of hydrogen-bond acceptors (Lipinski definition) is 4. The maximum atomic E-state index is 12.8. The molecule has 4 heterocycles. The van der Waals surface area contributed by atoms with Crippen LogP contribution in [0.2, 0.25) is 5.02 Å². The molecule has 162 valence electrons. The third-order valence-electron chi connectivity index (χ3n) is 6.64. The van der Waals surface area contributed by atoms with Crippen LogP contribution in [0.4, 0.5) is 5.69 Å². The fourth-order valence-electron chi connectivity index (χ4n) is 5.02. The van der Waals surface area contributed by atoms with Gasteiger partial charge in [-0.25, -0.2) is 4.98 Å². The van der Waals surface area contributed by atoms with Gasteiger partial charge in [-0.2, -0.15) is 0 Å². The van der Waals surface area contributed by atoms with E-state index in [-0.39, 0.29) is 11.8 Å². The van der Waals surface area contributed by atoms with Crippen molar-refractivity contribution < 1.29 is 9.59 Å². The SMILES string of the molecule is O=C(Nc1ccccc1Cl)c1cnc2n1CCN(C(=O)/C=C/[C@@H]1CCC3CCCN31)C2. The molecule has 31 heavy (non-hydrogen) atoms. The number of nitrogens with zero attached hydrogens (tertiary/aromatic N) is 4. The van der Waals surface area contributed by atoms with Gasteiger partial charge < -0.3 is 14.8 Å². The summed E-state index contributed by atoms with van der Waals surface area (Å²) in [6.07, 6.45) is 10.3. The lowest BCUT2D eigenvalue weighted by Gasteiger charge is -2.28. The number of rotatable bonds is 4. The Morgan fingerprint density at radius 3 is 2.87 bits per heavy atom. The number of benzene rings is 1. The van der Waals surface area contributed by atoms with Crippen LogP contribution in [0.15, 0.2) is 42.6 Å². The molecule has 2 amide bonds. The van der Waals surface area contributed by atoms with Crippen molar-refractivity contribution in [3.63, 3.8) is 0 Å². The van der Waals surface area contributed by atoms with Crippen LogP contribution in [-0.2, 0) is 17.9 Å². The second-order valence-electron chi connectivity index (χ2n) is 8.44. The first-order valence-corrected chi connectivity index (χ1v) is 11.3. The zero-order chi connectivity index (χ0) is 21.4. The Bertz CT molecular complexity index is 1030. The fraction of sp³-hybridized carbons (Fsp3) is 0.435.